The van der Waals surface area contributed by atoms with Crippen molar-refractivity contribution in [1.82, 2.24) is 0 Å². The summed E-state index contributed by atoms with van der Waals surface area (Å²) in [6.45, 7) is 1.40. The lowest BCUT2D eigenvalue weighted by Gasteiger charge is -2.23. The van der Waals surface area contributed by atoms with Gasteiger partial charge in [-0.05, 0) is 25.1 Å². The molecular weight excluding hydrogens is 246 g/mol. The Bertz CT molecular complexity index is 435. The summed E-state index contributed by atoms with van der Waals surface area (Å²) in [6, 6.07) is 3.65. The molecule has 1 atom stereocenters. The summed E-state index contributed by atoms with van der Waals surface area (Å²) >= 11 is 5.81. The molecule has 92 valence electrons. The Balaban J connectivity index is 3.23. The number of carboxylic acid groups (broad SMARTS) is 1. The topological polar surface area (TPSA) is 66.8 Å². The molecule has 0 aliphatic heterocycles. The van der Waals surface area contributed by atoms with Crippen molar-refractivity contribution in [2.45, 2.75) is 13.0 Å². The van der Waals surface area contributed by atoms with E-state index in [2.05, 4.69) is 0 Å². The molecule has 0 saturated carbocycles. The number of anilines is 1. The number of methoxy groups -OCH3 is 1. The molecule has 1 amide bonds. The summed E-state index contributed by atoms with van der Waals surface area (Å²) < 4.78 is 5.06. The van der Waals surface area contributed by atoms with Crippen LogP contribution in [0.15, 0.2) is 18.2 Å². The van der Waals surface area contributed by atoms with Crippen LogP contribution in [0.25, 0.3) is 0 Å². The maximum absolute atomic E-state index is 11.0. The summed E-state index contributed by atoms with van der Waals surface area (Å²) in [7, 11) is 1.43. The average Bonchev–Trinajstić information content (AvgIpc) is 2.30. The van der Waals surface area contributed by atoms with Gasteiger partial charge in [0.1, 0.15) is 11.8 Å². The number of aliphatic carboxylic acids is 1. The molecule has 5 nitrogen and oxygen atoms in total. The van der Waals surface area contributed by atoms with E-state index in [0.29, 0.717) is 22.9 Å². The number of carbonyl (C=O) groups excluding carboxylic acids is 1. The van der Waals surface area contributed by atoms with Crippen LogP contribution in [0.5, 0.6) is 5.75 Å². The van der Waals surface area contributed by atoms with Crippen molar-refractivity contribution >= 4 is 29.7 Å². The van der Waals surface area contributed by atoms with Gasteiger partial charge in [0.25, 0.3) is 0 Å². The maximum Gasteiger partial charge on any atom is 0.326 e. The van der Waals surface area contributed by atoms with Crippen LogP contribution in [0.3, 0.4) is 0 Å². The predicted molar refractivity (Wildman–Crippen MR) is 63.6 cm³/mol. The SMILES string of the molecule is COc1ccc(Cl)cc1N(C=O)C(C)C(=O)O. The largest absolute Gasteiger partial charge is 0.495 e. The fraction of sp³-hybridized carbons (Fsp3) is 0.273. The standard InChI is InChI=1S/C11H12ClNO4/c1-7(11(15)16)13(6-14)9-5-8(12)3-4-10(9)17-2/h3-7H,1-2H3,(H,15,16). The number of carboxylic acids is 1. The first-order valence-corrected chi connectivity index (χ1v) is 5.19. The number of halogens is 1. The van der Waals surface area contributed by atoms with Crippen molar-refractivity contribution in [2.24, 2.45) is 0 Å². The van der Waals surface area contributed by atoms with E-state index in [1.807, 2.05) is 0 Å². The second-order valence-electron chi connectivity index (χ2n) is 3.34. The number of amides is 1. The van der Waals surface area contributed by atoms with Gasteiger partial charge in [-0.2, -0.15) is 0 Å². The summed E-state index contributed by atoms with van der Waals surface area (Å²) in [5.41, 5.74) is 0.324. The van der Waals surface area contributed by atoms with Gasteiger partial charge in [0.05, 0.1) is 12.8 Å². The van der Waals surface area contributed by atoms with E-state index in [9.17, 15) is 9.59 Å². The number of carbonyl (C=O) groups is 2. The molecule has 0 saturated heterocycles. The summed E-state index contributed by atoms with van der Waals surface area (Å²) in [5.74, 6) is -0.728. The molecule has 1 aromatic rings. The van der Waals surface area contributed by atoms with Gasteiger partial charge in [-0.1, -0.05) is 11.6 Å². The van der Waals surface area contributed by atoms with E-state index >= 15 is 0 Å². The van der Waals surface area contributed by atoms with Crippen LogP contribution in [-0.4, -0.2) is 30.6 Å². The molecule has 0 radical (unpaired) electrons. The molecule has 0 aromatic heterocycles. The highest BCUT2D eigenvalue weighted by atomic mass is 35.5. The van der Waals surface area contributed by atoms with Gasteiger partial charge in [0.2, 0.25) is 6.41 Å². The van der Waals surface area contributed by atoms with Gasteiger partial charge in [0, 0.05) is 5.02 Å². The fourth-order valence-electron chi connectivity index (χ4n) is 1.34. The van der Waals surface area contributed by atoms with Gasteiger partial charge in [-0.15, -0.1) is 0 Å². The normalized spacial score (nSPS) is 11.7. The summed E-state index contributed by atoms with van der Waals surface area (Å²) in [5, 5.41) is 9.30. The zero-order chi connectivity index (χ0) is 13.0. The number of benzene rings is 1. The van der Waals surface area contributed by atoms with E-state index in [1.165, 1.54) is 20.1 Å². The van der Waals surface area contributed by atoms with Crippen LogP contribution >= 0.6 is 11.6 Å². The van der Waals surface area contributed by atoms with Crippen LogP contribution in [0.1, 0.15) is 6.92 Å². The smallest absolute Gasteiger partial charge is 0.326 e. The third kappa shape index (κ3) is 2.88. The highest BCUT2D eigenvalue weighted by molar-refractivity contribution is 6.31. The molecule has 1 unspecified atom stereocenters. The lowest BCUT2D eigenvalue weighted by molar-refractivity contribution is -0.138. The molecule has 0 heterocycles. The minimum atomic E-state index is -1.11. The minimum absolute atomic E-state index is 0.324. The molecule has 0 aliphatic carbocycles. The van der Waals surface area contributed by atoms with Crippen LogP contribution in [0.4, 0.5) is 5.69 Å². The first-order chi connectivity index (χ1) is 8.01. The third-order valence-corrected chi connectivity index (χ3v) is 2.54. The maximum atomic E-state index is 11.0. The lowest BCUT2D eigenvalue weighted by atomic mass is 10.2. The molecule has 1 aromatic carbocycles. The van der Waals surface area contributed by atoms with Crippen molar-refractivity contribution in [3.8, 4) is 5.75 Å². The van der Waals surface area contributed by atoms with Crippen LogP contribution in [0, 0.1) is 0 Å². The quantitative estimate of drug-likeness (QED) is 0.817. The highest BCUT2D eigenvalue weighted by Gasteiger charge is 2.23. The zero-order valence-electron chi connectivity index (χ0n) is 9.38. The van der Waals surface area contributed by atoms with Crippen LogP contribution in [-0.2, 0) is 9.59 Å². The highest BCUT2D eigenvalue weighted by Crippen LogP contribution is 2.31. The molecule has 17 heavy (non-hydrogen) atoms. The molecule has 1 rings (SSSR count). The van der Waals surface area contributed by atoms with E-state index in [0.717, 1.165) is 4.90 Å². The number of nitrogens with zero attached hydrogens (tertiary/aromatic N) is 1. The van der Waals surface area contributed by atoms with Crippen LogP contribution < -0.4 is 9.64 Å². The summed E-state index contributed by atoms with van der Waals surface area (Å²) in [6.07, 6.45) is 0.437. The Kier molecular flexibility index (Phi) is 4.34. The number of ether oxygens (including phenoxy) is 1. The number of hydrogen-bond acceptors (Lipinski definition) is 3. The number of rotatable bonds is 5. The van der Waals surface area contributed by atoms with Crippen molar-refractivity contribution in [3.05, 3.63) is 23.2 Å². The van der Waals surface area contributed by atoms with Crippen molar-refractivity contribution in [1.29, 1.82) is 0 Å². The van der Waals surface area contributed by atoms with Crippen molar-refractivity contribution < 1.29 is 19.4 Å². The second kappa shape index (κ2) is 5.54. The Hall–Kier alpha value is -1.75. The molecular formula is C11H12ClNO4. The van der Waals surface area contributed by atoms with E-state index < -0.39 is 12.0 Å². The predicted octanol–water partition coefficient (Wildman–Crippen LogP) is 1.78. The average molecular weight is 258 g/mol. The summed E-state index contributed by atoms with van der Waals surface area (Å²) in [4.78, 5) is 22.9. The molecule has 0 bridgehead atoms. The lowest BCUT2D eigenvalue weighted by Crippen LogP contribution is -2.38. The van der Waals surface area contributed by atoms with E-state index in [1.54, 1.807) is 12.1 Å². The Morgan fingerprint density at radius 1 is 1.59 bits per heavy atom. The molecule has 0 spiro atoms. The van der Waals surface area contributed by atoms with Gasteiger partial charge >= 0.3 is 5.97 Å². The Morgan fingerprint density at radius 3 is 2.71 bits per heavy atom. The molecule has 0 aliphatic rings. The van der Waals surface area contributed by atoms with Gasteiger partial charge in [-0.25, -0.2) is 4.79 Å². The molecule has 0 fully saturated rings. The first kappa shape index (κ1) is 13.3. The first-order valence-electron chi connectivity index (χ1n) is 4.81. The second-order valence-corrected chi connectivity index (χ2v) is 3.78. The van der Waals surface area contributed by atoms with E-state index in [-0.39, 0.29) is 0 Å². The van der Waals surface area contributed by atoms with Gasteiger partial charge in [-0.3, -0.25) is 9.69 Å². The number of hydrogen-bond donors (Lipinski definition) is 1. The third-order valence-electron chi connectivity index (χ3n) is 2.31. The zero-order valence-corrected chi connectivity index (χ0v) is 10.1. The Morgan fingerprint density at radius 2 is 2.24 bits per heavy atom. The van der Waals surface area contributed by atoms with E-state index in [4.69, 9.17) is 21.4 Å². The van der Waals surface area contributed by atoms with Crippen LogP contribution in [0.2, 0.25) is 5.02 Å². The molecule has 1 N–H and O–H groups in total. The Labute approximate surface area is 104 Å². The molecule has 6 heteroatoms. The minimum Gasteiger partial charge on any atom is -0.495 e. The monoisotopic (exact) mass is 257 g/mol. The fourth-order valence-corrected chi connectivity index (χ4v) is 1.51. The van der Waals surface area contributed by atoms with Gasteiger partial charge in [0.15, 0.2) is 0 Å². The van der Waals surface area contributed by atoms with Gasteiger partial charge < -0.3 is 9.84 Å². The van der Waals surface area contributed by atoms with Crippen molar-refractivity contribution in [3.63, 3.8) is 0 Å². The van der Waals surface area contributed by atoms with Crippen molar-refractivity contribution in [2.75, 3.05) is 12.0 Å².